The molecular weight excluding hydrogens is 268 g/mol. The molecule has 0 saturated carbocycles. The fourth-order valence-electron chi connectivity index (χ4n) is 2.82. The van der Waals surface area contributed by atoms with E-state index in [2.05, 4.69) is 20.7 Å². The Morgan fingerprint density at radius 2 is 2.30 bits per heavy atom. The average Bonchev–Trinajstić information content (AvgIpc) is 2.85. The molecule has 0 spiro atoms. The monoisotopic (exact) mass is 288 g/mol. The van der Waals surface area contributed by atoms with E-state index in [1.165, 1.54) is 17.7 Å². The van der Waals surface area contributed by atoms with Crippen LogP contribution in [0.5, 0.6) is 0 Å². The molecule has 3 rings (SSSR count). The molecule has 2 heterocycles. The minimum absolute atomic E-state index is 0.725. The maximum absolute atomic E-state index is 4.75. The average molecular weight is 288 g/mol. The third-order valence-corrected chi connectivity index (χ3v) is 4.62. The first kappa shape index (κ1) is 13.6. The lowest BCUT2D eigenvalue weighted by Crippen LogP contribution is -2.25. The standard InChI is InChI=1S/C15H20N4S/c1-10-18-13(9-20-10)6-15-17-8-12-5-11(7-16-2)3-4-14(12)19-15/h8-9,11,16H,3-7H2,1-2H3. The van der Waals surface area contributed by atoms with E-state index < -0.39 is 0 Å². The van der Waals surface area contributed by atoms with Crippen molar-refractivity contribution in [3.63, 3.8) is 0 Å². The van der Waals surface area contributed by atoms with Gasteiger partial charge in [0.2, 0.25) is 0 Å². The number of aromatic nitrogens is 3. The van der Waals surface area contributed by atoms with Crippen LogP contribution in [-0.2, 0) is 19.3 Å². The maximum atomic E-state index is 4.75. The molecule has 1 N–H and O–H groups in total. The Kier molecular flexibility index (Phi) is 4.08. The highest BCUT2D eigenvalue weighted by Crippen LogP contribution is 2.23. The van der Waals surface area contributed by atoms with E-state index in [4.69, 9.17) is 4.98 Å². The lowest BCUT2D eigenvalue weighted by molar-refractivity contribution is 0.433. The second-order valence-corrected chi connectivity index (χ2v) is 6.52. The van der Waals surface area contributed by atoms with Crippen LogP contribution in [-0.4, -0.2) is 28.5 Å². The second-order valence-electron chi connectivity index (χ2n) is 5.46. The second kappa shape index (κ2) is 5.97. The third kappa shape index (κ3) is 3.04. The lowest BCUT2D eigenvalue weighted by atomic mass is 9.87. The molecule has 0 bridgehead atoms. The van der Waals surface area contributed by atoms with Gasteiger partial charge in [-0.25, -0.2) is 15.0 Å². The quantitative estimate of drug-likeness (QED) is 0.936. The van der Waals surface area contributed by atoms with Gasteiger partial charge in [-0.2, -0.15) is 0 Å². The molecule has 2 aromatic rings. The number of nitrogens with zero attached hydrogens (tertiary/aromatic N) is 3. The van der Waals surface area contributed by atoms with Crippen LogP contribution in [0.15, 0.2) is 11.6 Å². The van der Waals surface area contributed by atoms with Crippen molar-refractivity contribution in [2.24, 2.45) is 5.92 Å². The van der Waals surface area contributed by atoms with Gasteiger partial charge in [-0.1, -0.05) is 0 Å². The molecule has 4 nitrogen and oxygen atoms in total. The van der Waals surface area contributed by atoms with Gasteiger partial charge in [-0.15, -0.1) is 11.3 Å². The molecule has 0 aliphatic heterocycles. The van der Waals surface area contributed by atoms with Gasteiger partial charge in [-0.05, 0) is 51.3 Å². The summed E-state index contributed by atoms with van der Waals surface area (Å²) in [6.45, 7) is 3.11. The molecule has 5 heteroatoms. The Hall–Kier alpha value is -1.33. The summed E-state index contributed by atoms with van der Waals surface area (Å²) in [7, 11) is 2.02. The number of rotatable bonds is 4. The van der Waals surface area contributed by atoms with E-state index in [0.717, 1.165) is 48.3 Å². The van der Waals surface area contributed by atoms with Crippen LogP contribution in [0, 0.1) is 12.8 Å². The van der Waals surface area contributed by atoms with E-state index >= 15 is 0 Å². The van der Waals surface area contributed by atoms with Crippen molar-refractivity contribution in [3.05, 3.63) is 39.4 Å². The number of fused-ring (bicyclic) bond motifs is 1. The largest absolute Gasteiger partial charge is 0.319 e. The van der Waals surface area contributed by atoms with Crippen molar-refractivity contribution in [2.45, 2.75) is 32.6 Å². The molecule has 20 heavy (non-hydrogen) atoms. The summed E-state index contributed by atoms with van der Waals surface area (Å²) in [6.07, 6.45) is 6.18. The van der Waals surface area contributed by atoms with Gasteiger partial charge in [0.15, 0.2) is 0 Å². The van der Waals surface area contributed by atoms with E-state index in [1.807, 2.05) is 20.2 Å². The Labute approximate surface area is 123 Å². The van der Waals surface area contributed by atoms with Crippen molar-refractivity contribution in [2.75, 3.05) is 13.6 Å². The smallest absolute Gasteiger partial charge is 0.134 e. The van der Waals surface area contributed by atoms with Gasteiger partial charge in [0.1, 0.15) is 5.82 Å². The first-order chi connectivity index (χ1) is 9.74. The minimum Gasteiger partial charge on any atom is -0.319 e. The van der Waals surface area contributed by atoms with Crippen molar-refractivity contribution in [1.82, 2.24) is 20.3 Å². The predicted octanol–water partition coefficient (Wildman–Crippen LogP) is 2.16. The van der Waals surface area contributed by atoms with Crippen LogP contribution in [0.3, 0.4) is 0 Å². The summed E-state index contributed by atoms with van der Waals surface area (Å²) in [5.74, 6) is 1.63. The van der Waals surface area contributed by atoms with Crippen LogP contribution in [0.4, 0.5) is 0 Å². The number of hydrogen-bond acceptors (Lipinski definition) is 5. The van der Waals surface area contributed by atoms with Crippen molar-refractivity contribution < 1.29 is 0 Å². The van der Waals surface area contributed by atoms with Crippen molar-refractivity contribution in [3.8, 4) is 0 Å². The number of thiazole rings is 1. The SMILES string of the molecule is CNCC1CCc2nc(Cc3csc(C)n3)ncc2C1. The summed E-state index contributed by atoms with van der Waals surface area (Å²) in [6, 6.07) is 0. The van der Waals surface area contributed by atoms with E-state index in [-0.39, 0.29) is 0 Å². The van der Waals surface area contributed by atoms with Gasteiger partial charge in [0.25, 0.3) is 0 Å². The Morgan fingerprint density at radius 1 is 1.40 bits per heavy atom. The molecule has 1 unspecified atom stereocenters. The molecule has 0 radical (unpaired) electrons. The van der Waals surface area contributed by atoms with Crippen LogP contribution in [0.2, 0.25) is 0 Å². The van der Waals surface area contributed by atoms with Crippen molar-refractivity contribution >= 4 is 11.3 Å². The summed E-state index contributed by atoms with van der Waals surface area (Å²) < 4.78 is 0. The highest BCUT2D eigenvalue weighted by molar-refractivity contribution is 7.09. The van der Waals surface area contributed by atoms with E-state index in [0.29, 0.717) is 0 Å². The fraction of sp³-hybridized carbons (Fsp3) is 0.533. The minimum atomic E-state index is 0.725. The van der Waals surface area contributed by atoms with Crippen LogP contribution >= 0.6 is 11.3 Å². The molecule has 0 amide bonds. The normalized spacial score (nSPS) is 18.0. The number of nitrogens with one attached hydrogen (secondary N) is 1. The molecule has 0 aromatic carbocycles. The molecule has 0 fully saturated rings. The number of hydrogen-bond donors (Lipinski definition) is 1. The highest BCUT2D eigenvalue weighted by Gasteiger charge is 2.20. The zero-order valence-corrected chi connectivity index (χ0v) is 12.8. The zero-order valence-electron chi connectivity index (χ0n) is 12.0. The van der Waals surface area contributed by atoms with Gasteiger partial charge >= 0.3 is 0 Å². The molecule has 2 aromatic heterocycles. The van der Waals surface area contributed by atoms with Crippen LogP contribution in [0.25, 0.3) is 0 Å². The summed E-state index contributed by atoms with van der Waals surface area (Å²) in [5.41, 5.74) is 3.65. The van der Waals surface area contributed by atoms with E-state index in [9.17, 15) is 0 Å². The van der Waals surface area contributed by atoms with Crippen LogP contribution in [0.1, 0.15) is 34.2 Å². The zero-order chi connectivity index (χ0) is 13.9. The van der Waals surface area contributed by atoms with Crippen LogP contribution < -0.4 is 5.32 Å². The maximum Gasteiger partial charge on any atom is 0.134 e. The lowest BCUT2D eigenvalue weighted by Gasteiger charge is -2.23. The molecule has 1 aliphatic carbocycles. The molecule has 1 atom stereocenters. The van der Waals surface area contributed by atoms with Crippen molar-refractivity contribution in [1.29, 1.82) is 0 Å². The first-order valence-electron chi connectivity index (χ1n) is 7.14. The molecule has 1 aliphatic rings. The molecule has 106 valence electrons. The van der Waals surface area contributed by atoms with Gasteiger partial charge < -0.3 is 5.32 Å². The molecule has 0 saturated heterocycles. The fourth-order valence-corrected chi connectivity index (χ4v) is 3.44. The topological polar surface area (TPSA) is 50.7 Å². The summed E-state index contributed by atoms with van der Waals surface area (Å²) >= 11 is 1.68. The van der Waals surface area contributed by atoms with Gasteiger partial charge in [-0.3, -0.25) is 0 Å². The first-order valence-corrected chi connectivity index (χ1v) is 8.02. The predicted molar refractivity (Wildman–Crippen MR) is 81.1 cm³/mol. The van der Waals surface area contributed by atoms with E-state index in [1.54, 1.807) is 11.3 Å². The Morgan fingerprint density at radius 3 is 3.05 bits per heavy atom. The van der Waals surface area contributed by atoms with Gasteiger partial charge in [0.05, 0.1) is 17.1 Å². The summed E-state index contributed by atoms with van der Waals surface area (Å²) in [4.78, 5) is 13.8. The number of aryl methyl sites for hydroxylation is 2. The Balaban J connectivity index is 1.73. The van der Waals surface area contributed by atoms with Gasteiger partial charge in [0, 0.05) is 17.3 Å². The third-order valence-electron chi connectivity index (χ3n) is 3.80. The molecular formula is C15H20N4S. The Bertz CT molecular complexity index is 593. The highest BCUT2D eigenvalue weighted by atomic mass is 32.1. The summed E-state index contributed by atoms with van der Waals surface area (Å²) in [5, 5.41) is 6.47.